The van der Waals surface area contributed by atoms with Crippen LogP contribution in [0.1, 0.15) is 72.5 Å². The Morgan fingerprint density at radius 2 is 1.90 bits per heavy atom. The van der Waals surface area contributed by atoms with Gasteiger partial charge >= 0.3 is 6.55 Å². The lowest BCUT2D eigenvalue weighted by Gasteiger charge is -2.57. The maximum absolute atomic E-state index is 13.8. The average molecular weight is 583 g/mol. The highest BCUT2D eigenvalue weighted by atomic mass is 19.3. The lowest BCUT2D eigenvalue weighted by atomic mass is 9.53. The van der Waals surface area contributed by atoms with Crippen molar-refractivity contribution < 1.29 is 33.0 Å². The molecule has 0 aliphatic heterocycles. The number of aromatic nitrogens is 4. The Balaban J connectivity index is 1.08. The van der Waals surface area contributed by atoms with Gasteiger partial charge < -0.3 is 25.6 Å². The molecule has 1 aromatic carbocycles. The van der Waals surface area contributed by atoms with Crippen LogP contribution >= 0.6 is 0 Å². The lowest BCUT2D eigenvalue weighted by molar-refractivity contribution is -0.0848. The minimum atomic E-state index is -2.95. The number of primary amides is 1. The van der Waals surface area contributed by atoms with E-state index in [2.05, 4.69) is 15.5 Å². The zero-order valence-electron chi connectivity index (χ0n) is 23.4. The number of aryl methyl sites for hydroxylation is 1. The minimum Gasteiger partial charge on any atom is -0.491 e. The second-order valence-corrected chi connectivity index (χ2v) is 12.2. The smallest absolute Gasteiger partial charge is 0.333 e. The number of ether oxygens (including phenoxy) is 2. The number of nitrogens with one attached hydrogen (secondary N) is 1. The Morgan fingerprint density at radius 3 is 2.57 bits per heavy atom. The number of fused-ring (bicyclic) bond motifs is 2. The third kappa shape index (κ3) is 5.13. The molecular weight excluding hydrogens is 550 g/mol. The van der Waals surface area contributed by atoms with Gasteiger partial charge in [-0.05, 0) is 81.7 Å². The molecule has 0 atom stereocenters. The van der Waals surface area contributed by atoms with Gasteiger partial charge in [-0.25, -0.2) is 9.20 Å². The van der Waals surface area contributed by atoms with Gasteiger partial charge in [0, 0.05) is 23.7 Å². The second kappa shape index (κ2) is 9.93. The largest absolute Gasteiger partial charge is 0.491 e. The number of aliphatic hydroxyl groups is 1. The van der Waals surface area contributed by atoms with Crippen molar-refractivity contribution in [1.29, 1.82) is 0 Å². The van der Waals surface area contributed by atoms with Gasteiger partial charge in [0.15, 0.2) is 5.69 Å². The van der Waals surface area contributed by atoms with Crippen molar-refractivity contribution in [3.05, 3.63) is 53.3 Å². The average Bonchev–Trinajstić information content (AvgIpc) is 3.42. The standard InChI is InChI=1S/C29H32F2N6O5/c1-15-6-7-36-21(8-15)22(24(32)38)26(35-36)42-18-12-29(13-18)10-16(11-29)33-25(39)23-19-5-4-17(41-14-28(2,3)40)9-20(19)37(34-23)27(30)31/h4-9,16,18,27,40H,10-14H2,1-3H3,(H2,32,38)(H,33,39)/t16-,18-,29?. The summed E-state index contributed by atoms with van der Waals surface area (Å²) in [5.41, 5.74) is 6.32. The molecule has 2 aliphatic rings. The highest BCUT2D eigenvalue weighted by molar-refractivity contribution is 6.05. The molecule has 0 bridgehead atoms. The summed E-state index contributed by atoms with van der Waals surface area (Å²) in [4.78, 5) is 25.2. The van der Waals surface area contributed by atoms with E-state index in [-0.39, 0.29) is 58.0 Å². The number of alkyl halides is 2. The number of hydrogen-bond acceptors (Lipinski definition) is 7. The SMILES string of the molecule is Cc1ccn2nc(O[C@H]3CC4(C[C@H](NC(=O)c5nn(C(F)F)c6cc(OCC(C)(C)O)ccc56)C4)C3)c(C(N)=O)c2c1. The van der Waals surface area contributed by atoms with E-state index in [1.807, 2.05) is 19.1 Å². The number of rotatable bonds is 9. The number of carbonyl (C=O) groups is 2. The normalized spacial score (nSPS) is 21.9. The van der Waals surface area contributed by atoms with Crippen molar-refractivity contribution in [3.63, 3.8) is 0 Å². The van der Waals surface area contributed by atoms with Crippen molar-refractivity contribution in [2.24, 2.45) is 11.1 Å². The van der Waals surface area contributed by atoms with E-state index in [0.717, 1.165) is 18.4 Å². The first-order valence-electron chi connectivity index (χ1n) is 13.7. The van der Waals surface area contributed by atoms with Crippen LogP contribution in [-0.4, -0.2) is 60.7 Å². The van der Waals surface area contributed by atoms with E-state index in [1.54, 1.807) is 30.6 Å². The summed E-state index contributed by atoms with van der Waals surface area (Å²) in [6.45, 7) is 2.07. The number of amides is 2. The van der Waals surface area contributed by atoms with E-state index in [0.29, 0.717) is 23.0 Å². The molecule has 0 radical (unpaired) electrons. The molecule has 1 spiro atoms. The van der Waals surface area contributed by atoms with Crippen molar-refractivity contribution >= 4 is 28.2 Å². The van der Waals surface area contributed by atoms with Crippen LogP contribution in [0.2, 0.25) is 0 Å². The van der Waals surface area contributed by atoms with Crippen LogP contribution in [-0.2, 0) is 0 Å². The predicted molar refractivity (Wildman–Crippen MR) is 148 cm³/mol. The monoisotopic (exact) mass is 582 g/mol. The highest BCUT2D eigenvalue weighted by Crippen LogP contribution is 2.57. The number of nitrogens with two attached hydrogens (primary N) is 1. The summed E-state index contributed by atoms with van der Waals surface area (Å²) in [7, 11) is 0. The Hall–Kier alpha value is -4.26. The molecule has 0 saturated heterocycles. The maximum atomic E-state index is 13.8. The van der Waals surface area contributed by atoms with Crippen LogP contribution in [0.5, 0.6) is 11.6 Å². The van der Waals surface area contributed by atoms with Crippen LogP contribution in [0.15, 0.2) is 36.5 Å². The fourth-order valence-corrected chi connectivity index (χ4v) is 6.05. The number of benzene rings is 1. The first-order chi connectivity index (χ1) is 19.8. The maximum Gasteiger partial charge on any atom is 0.333 e. The van der Waals surface area contributed by atoms with Gasteiger partial charge in [-0.3, -0.25) is 9.59 Å². The van der Waals surface area contributed by atoms with Crippen LogP contribution in [0.3, 0.4) is 0 Å². The first kappa shape index (κ1) is 27.9. The molecule has 4 N–H and O–H groups in total. The third-order valence-electron chi connectivity index (χ3n) is 7.97. The van der Waals surface area contributed by atoms with Crippen LogP contribution < -0.4 is 20.5 Å². The molecule has 42 heavy (non-hydrogen) atoms. The molecule has 4 aromatic rings. The third-order valence-corrected chi connectivity index (χ3v) is 7.97. The number of pyridine rings is 1. The molecule has 6 rings (SSSR count). The van der Waals surface area contributed by atoms with E-state index in [1.165, 1.54) is 12.1 Å². The number of nitrogens with zero attached hydrogens (tertiary/aromatic N) is 4. The van der Waals surface area contributed by atoms with Crippen molar-refractivity contribution in [2.45, 2.75) is 70.8 Å². The van der Waals surface area contributed by atoms with E-state index in [9.17, 15) is 23.5 Å². The summed E-state index contributed by atoms with van der Waals surface area (Å²) in [6, 6.07) is 8.05. The molecule has 222 valence electrons. The van der Waals surface area contributed by atoms with E-state index in [4.69, 9.17) is 15.2 Å². The summed E-state index contributed by atoms with van der Waals surface area (Å²) in [6.07, 6.45) is 4.53. The zero-order valence-corrected chi connectivity index (χ0v) is 23.4. The number of halogens is 2. The van der Waals surface area contributed by atoms with Gasteiger partial charge in [0.05, 0.1) is 16.6 Å². The minimum absolute atomic E-state index is 0.00235. The summed E-state index contributed by atoms with van der Waals surface area (Å²) < 4.78 is 41.2. The highest BCUT2D eigenvalue weighted by Gasteiger charge is 2.54. The molecule has 11 nitrogen and oxygen atoms in total. The molecule has 2 amide bonds. The van der Waals surface area contributed by atoms with Gasteiger partial charge in [-0.2, -0.15) is 13.9 Å². The Morgan fingerprint density at radius 1 is 1.17 bits per heavy atom. The second-order valence-electron chi connectivity index (χ2n) is 12.2. The topological polar surface area (TPSA) is 146 Å². The molecule has 0 unspecified atom stereocenters. The van der Waals surface area contributed by atoms with Crippen LogP contribution in [0, 0.1) is 12.3 Å². The Bertz CT molecular complexity index is 1690. The van der Waals surface area contributed by atoms with Crippen LogP contribution in [0.25, 0.3) is 16.4 Å². The first-order valence-corrected chi connectivity index (χ1v) is 13.7. The van der Waals surface area contributed by atoms with Gasteiger partial charge in [-0.15, -0.1) is 5.10 Å². The fraction of sp³-hybridized carbons (Fsp3) is 0.448. The summed E-state index contributed by atoms with van der Waals surface area (Å²) in [5, 5.41) is 21.4. The van der Waals surface area contributed by atoms with Crippen molar-refractivity contribution in [1.82, 2.24) is 24.7 Å². The summed E-state index contributed by atoms with van der Waals surface area (Å²) in [5.74, 6) is -0.636. The van der Waals surface area contributed by atoms with Crippen molar-refractivity contribution in [3.8, 4) is 11.6 Å². The fourth-order valence-electron chi connectivity index (χ4n) is 6.05. The Labute approximate surface area is 239 Å². The summed E-state index contributed by atoms with van der Waals surface area (Å²) >= 11 is 0. The molecule has 2 aliphatic carbocycles. The zero-order chi connectivity index (χ0) is 30.0. The molecule has 13 heteroatoms. The quantitative estimate of drug-likeness (QED) is 0.272. The molecule has 3 aromatic heterocycles. The van der Waals surface area contributed by atoms with E-state index < -0.39 is 24.0 Å². The van der Waals surface area contributed by atoms with Crippen molar-refractivity contribution in [2.75, 3.05) is 6.61 Å². The Kier molecular flexibility index (Phi) is 6.59. The van der Waals surface area contributed by atoms with Gasteiger partial charge in [-0.1, -0.05) is 0 Å². The molecule has 2 fully saturated rings. The van der Waals surface area contributed by atoms with Gasteiger partial charge in [0.25, 0.3) is 11.8 Å². The van der Waals surface area contributed by atoms with Crippen LogP contribution in [0.4, 0.5) is 8.78 Å². The lowest BCUT2D eigenvalue weighted by Crippen LogP contribution is -2.58. The number of carbonyl (C=O) groups excluding carboxylic acids is 2. The molecule has 2 saturated carbocycles. The predicted octanol–water partition coefficient (Wildman–Crippen LogP) is 3.76. The van der Waals surface area contributed by atoms with Gasteiger partial charge in [0.1, 0.15) is 24.0 Å². The van der Waals surface area contributed by atoms with E-state index >= 15 is 0 Å². The number of hydrogen-bond donors (Lipinski definition) is 3. The molecular formula is C29H32F2N6O5. The molecule has 3 heterocycles. The van der Waals surface area contributed by atoms with Gasteiger partial charge in [0.2, 0.25) is 5.88 Å².